The van der Waals surface area contributed by atoms with E-state index >= 15 is 0 Å². The predicted octanol–water partition coefficient (Wildman–Crippen LogP) is 0.613. The fourth-order valence-electron chi connectivity index (χ4n) is 0.328. The van der Waals surface area contributed by atoms with Crippen LogP contribution in [-0.4, -0.2) is 62.5 Å². The van der Waals surface area contributed by atoms with Gasteiger partial charge < -0.3 is 5.11 Å². The molecule has 0 fully saturated rings. The molecule has 0 heterocycles. The zero-order valence-corrected chi connectivity index (χ0v) is 4.48. The van der Waals surface area contributed by atoms with Gasteiger partial charge in [-0.25, -0.2) is 0 Å². The van der Waals surface area contributed by atoms with Crippen LogP contribution in [0.1, 0.15) is 26.2 Å². The Hall–Kier alpha value is 1.11. The van der Waals surface area contributed by atoms with Gasteiger partial charge in [0.05, 0.1) is 0 Å². The number of carboxylic acids is 1. The summed E-state index contributed by atoms with van der Waals surface area (Å²) in [5.41, 5.74) is 0. The molecular formula is C5H11KO2. The minimum atomic E-state index is -0.693. The van der Waals surface area contributed by atoms with Gasteiger partial charge in [-0.3, -0.25) is 4.79 Å². The summed E-state index contributed by atoms with van der Waals surface area (Å²) in [5, 5.41) is 8.04. The summed E-state index contributed by atoms with van der Waals surface area (Å²) in [5.74, 6) is -0.693. The molecule has 0 amide bonds. The first-order valence-corrected chi connectivity index (χ1v) is 2.49. The molecule has 0 spiro atoms. The van der Waals surface area contributed by atoms with E-state index in [9.17, 15) is 4.79 Å². The van der Waals surface area contributed by atoms with E-state index in [-0.39, 0.29) is 51.4 Å². The van der Waals surface area contributed by atoms with E-state index < -0.39 is 5.97 Å². The fraction of sp³-hybridized carbons (Fsp3) is 0.800. The van der Waals surface area contributed by atoms with Crippen molar-refractivity contribution < 1.29 is 9.90 Å². The summed E-state index contributed by atoms with van der Waals surface area (Å²) in [6.07, 6.45) is 2.08. The van der Waals surface area contributed by atoms with E-state index in [4.69, 9.17) is 5.11 Å². The first-order chi connectivity index (χ1) is 3.27. The van der Waals surface area contributed by atoms with Gasteiger partial charge in [-0.15, -0.1) is 0 Å². The zero-order chi connectivity index (χ0) is 5.70. The van der Waals surface area contributed by atoms with Gasteiger partial charge in [-0.05, 0) is 6.42 Å². The van der Waals surface area contributed by atoms with Crippen LogP contribution in [0.2, 0.25) is 0 Å². The molecule has 0 saturated heterocycles. The Balaban J connectivity index is 0. The van der Waals surface area contributed by atoms with E-state index in [1.807, 2.05) is 6.92 Å². The third-order valence-corrected chi connectivity index (χ3v) is 0.744. The van der Waals surface area contributed by atoms with E-state index in [0.717, 1.165) is 12.8 Å². The molecule has 0 bridgehead atoms. The number of carboxylic acid groups (broad SMARTS) is 1. The normalized spacial score (nSPS) is 7.62. The van der Waals surface area contributed by atoms with Gasteiger partial charge in [0.15, 0.2) is 0 Å². The van der Waals surface area contributed by atoms with E-state index in [0.29, 0.717) is 6.42 Å². The Morgan fingerprint density at radius 2 is 2.12 bits per heavy atom. The molecular weight excluding hydrogens is 131 g/mol. The van der Waals surface area contributed by atoms with Crippen LogP contribution in [0.5, 0.6) is 0 Å². The van der Waals surface area contributed by atoms with Crippen molar-refractivity contribution >= 4 is 57.4 Å². The third kappa shape index (κ3) is 10.2. The minimum absolute atomic E-state index is 0. The van der Waals surface area contributed by atoms with Gasteiger partial charge in [0.2, 0.25) is 0 Å². The number of hydrogen-bond acceptors (Lipinski definition) is 1. The summed E-state index contributed by atoms with van der Waals surface area (Å²) in [7, 11) is 0. The number of unbranched alkanes of at least 4 members (excludes halogenated alkanes) is 1. The molecule has 0 unspecified atom stereocenters. The van der Waals surface area contributed by atoms with Crippen LogP contribution in [0.15, 0.2) is 0 Å². The molecule has 0 atom stereocenters. The molecule has 8 heavy (non-hydrogen) atoms. The topological polar surface area (TPSA) is 37.3 Å². The average Bonchev–Trinajstić information content (AvgIpc) is 1.61. The molecule has 0 aliphatic carbocycles. The van der Waals surface area contributed by atoms with Crippen molar-refractivity contribution in [1.29, 1.82) is 0 Å². The molecule has 1 N–H and O–H groups in total. The molecule has 0 aromatic carbocycles. The van der Waals surface area contributed by atoms with Crippen molar-refractivity contribution in [3.05, 3.63) is 0 Å². The molecule has 0 aromatic heterocycles. The van der Waals surface area contributed by atoms with Crippen LogP contribution in [-0.2, 0) is 4.79 Å². The molecule has 0 radical (unpaired) electrons. The Bertz CT molecular complexity index is 63.4. The molecule has 0 aliphatic heterocycles. The molecule has 0 rings (SSSR count). The monoisotopic (exact) mass is 142 g/mol. The molecule has 2 nitrogen and oxygen atoms in total. The molecule has 0 aliphatic rings. The summed E-state index contributed by atoms with van der Waals surface area (Å²) in [6, 6.07) is 0. The second-order valence-corrected chi connectivity index (χ2v) is 1.50. The first kappa shape index (κ1) is 11.8. The van der Waals surface area contributed by atoms with Crippen molar-refractivity contribution in [2.75, 3.05) is 0 Å². The van der Waals surface area contributed by atoms with Crippen LogP contribution >= 0.6 is 0 Å². The number of carbonyl (C=O) groups is 1. The Kier molecular flexibility index (Phi) is 12.0. The molecule has 3 heteroatoms. The van der Waals surface area contributed by atoms with E-state index in [1.54, 1.807) is 0 Å². The van der Waals surface area contributed by atoms with Crippen LogP contribution in [0.3, 0.4) is 0 Å². The van der Waals surface area contributed by atoms with Crippen LogP contribution < -0.4 is 0 Å². The van der Waals surface area contributed by atoms with Crippen LogP contribution in [0.4, 0.5) is 0 Å². The quantitative estimate of drug-likeness (QED) is 0.586. The van der Waals surface area contributed by atoms with Crippen molar-refractivity contribution in [1.82, 2.24) is 0 Å². The Morgan fingerprint density at radius 1 is 1.62 bits per heavy atom. The van der Waals surface area contributed by atoms with Gasteiger partial charge in [0, 0.05) is 6.42 Å². The molecule has 44 valence electrons. The van der Waals surface area contributed by atoms with Gasteiger partial charge in [0.25, 0.3) is 0 Å². The summed E-state index contributed by atoms with van der Waals surface area (Å²) >= 11 is 0. The molecule has 0 aromatic rings. The van der Waals surface area contributed by atoms with E-state index in [1.165, 1.54) is 0 Å². The van der Waals surface area contributed by atoms with E-state index in [2.05, 4.69) is 0 Å². The third-order valence-electron chi connectivity index (χ3n) is 0.744. The maximum atomic E-state index is 9.76. The summed E-state index contributed by atoms with van der Waals surface area (Å²) < 4.78 is 0. The van der Waals surface area contributed by atoms with Gasteiger partial charge >= 0.3 is 57.4 Å². The number of hydrogen-bond donors (Lipinski definition) is 1. The summed E-state index contributed by atoms with van der Waals surface area (Å²) in [6.45, 7) is 1.98. The number of aliphatic carboxylic acids is 1. The van der Waals surface area contributed by atoms with Gasteiger partial charge in [-0.2, -0.15) is 0 Å². The Labute approximate surface area is 92.1 Å². The summed E-state index contributed by atoms with van der Waals surface area (Å²) in [4.78, 5) is 9.76. The maximum absolute atomic E-state index is 9.76. The first-order valence-electron chi connectivity index (χ1n) is 2.49. The van der Waals surface area contributed by atoms with Gasteiger partial charge in [-0.1, -0.05) is 13.3 Å². The van der Waals surface area contributed by atoms with Crippen molar-refractivity contribution in [2.45, 2.75) is 26.2 Å². The van der Waals surface area contributed by atoms with Crippen molar-refractivity contribution in [3.8, 4) is 0 Å². The van der Waals surface area contributed by atoms with Crippen LogP contribution in [0.25, 0.3) is 0 Å². The zero-order valence-electron chi connectivity index (χ0n) is 4.48. The second-order valence-electron chi connectivity index (χ2n) is 1.50. The Morgan fingerprint density at radius 3 is 2.25 bits per heavy atom. The van der Waals surface area contributed by atoms with Crippen molar-refractivity contribution in [3.63, 3.8) is 0 Å². The van der Waals surface area contributed by atoms with Crippen LogP contribution in [0, 0.1) is 0 Å². The predicted molar refractivity (Wildman–Crippen MR) is 34.3 cm³/mol. The SMILES string of the molecule is CCCCC(=O)O.[KH]. The molecule has 0 saturated carbocycles. The standard InChI is InChI=1S/C5H10O2.K.H/c1-2-3-4-5(6)7;;/h2-4H2,1H3,(H,6,7);;. The van der Waals surface area contributed by atoms with Crippen molar-refractivity contribution in [2.24, 2.45) is 0 Å². The fourth-order valence-corrected chi connectivity index (χ4v) is 0.328. The average molecular weight is 142 g/mol. The number of rotatable bonds is 3. The van der Waals surface area contributed by atoms with Gasteiger partial charge in [0.1, 0.15) is 0 Å². The second kappa shape index (κ2) is 8.11.